The number of benzene rings is 1. The second-order valence-corrected chi connectivity index (χ2v) is 7.75. The Bertz CT molecular complexity index is 576. The largest absolute Gasteiger partial charge is 0.493 e. The minimum Gasteiger partial charge on any atom is -0.493 e. The molecule has 0 saturated carbocycles. The smallest absolute Gasteiger partial charge is 0.214 e. The van der Waals surface area contributed by atoms with Crippen LogP contribution >= 0.6 is 15.9 Å². The third-order valence-electron chi connectivity index (χ3n) is 2.92. The average molecular weight is 381 g/mol. The van der Waals surface area contributed by atoms with Crippen LogP contribution in [-0.4, -0.2) is 53.3 Å². The summed E-state index contributed by atoms with van der Waals surface area (Å²) in [7, 11) is 3.04. The molecule has 0 aromatic heterocycles. The van der Waals surface area contributed by atoms with Gasteiger partial charge in [-0.15, -0.1) is 0 Å². The molecular formula is C13H21BrN2O4S. The van der Waals surface area contributed by atoms with E-state index in [1.165, 1.54) is 18.4 Å². The van der Waals surface area contributed by atoms with Crippen LogP contribution in [0.4, 0.5) is 0 Å². The van der Waals surface area contributed by atoms with Crippen molar-refractivity contribution in [1.82, 2.24) is 9.62 Å². The van der Waals surface area contributed by atoms with Gasteiger partial charge in [0.15, 0.2) is 11.5 Å². The van der Waals surface area contributed by atoms with Crippen molar-refractivity contribution in [2.75, 3.05) is 40.6 Å². The lowest BCUT2D eigenvalue weighted by Crippen LogP contribution is -2.31. The summed E-state index contributed by atoms with van der Waals surface area (Å²) in [6.07, 6.45) is 0. The van der Waals surface area contributed by atoms with Gasteiger partial charge in [0, 0.05) is 27.2 Å². The van der Waals surface area contributed by atoms with Gasteiger partial charge in [0.1, 0.15) is 0 Å². The summed E-state index contributed by atoms with van der Waals surface area (Å²) in [5.74, 6) is 1.33. The van der Waals surface area contributed by atoms with Gasteiger partial charge in [-0.3, -0.25) is 0 Å². The van der Waals surface area contributed by atoms with Crippen LogP contribution in [0.1, 0.15) is 5.56 Å². The van der Waals surface area contributed by atoms with Gasteiger partial charge in [-0.1, -0.05) is 0 Å². The summed E-state index contributed by atoms with van der Waals surface area (Å²) in [5.41, 5.74) is 0.974. The van der Waals surface area contributed by atoms with Crippen molar-refractivity contribution in [3.63, 3.8) is 0 Å². The number of nitrogens with zero attached hydrogens (tertiary/aromatic N) is 1. The van der Waals surface area contributed by atoms with Crippen LogP contribution in [0, 0.1) is 0 Å². The highest BCUT2D eigenvalue weighted by molar-refractivity contribution is 9.10. The Morgan fingerprint density at radius 3 is 2.43 bits per heavy atom. The van der Waals surface area contributed by atoms with Crippen LogP contribution in [0.25, 0.3) is 0 Å². The maximum Gasteiger partial charge on any atom is 0.214 e. The van der Waals surface area contributed by atoms with E-state index < -0.39 is 10.0 Å². The van der Waals surface area contributed by atoms with Crippen molar-refractivity contribution in [3.8, 4) is 11.5 Å². The molecule has 0 spiro atoms. The quantitative estimate of drug-likeness (QED) is 0.691. The molecule has 0 amide bonds. The highest BCUT2D eigenvalue weighted by atomic mass is 79.9. The first-order valence-corrected chi connectivity index (χ1v) is 8.73. The monoisotopic (exact) mass is 380 g/mol. The van der Waals surface area contributed by atoms with Crippen LogP contribution in [0.5, 0.6) is 11.5 Å². The highest BCUT2D eigenvalue weighted by Gasteiger charge is 2.13. The minimum absolute atomic E-state index is 0.0639. The predicted octanol–water partition coefficient (Wildman–Crippen LogP) is 1.45. The number of hydrogen-bond acceptors (Lipinski definition) is 5. The molecule has 0 bridgehead atoms. The van der Waals surface area contributed by atoms with Gasteiger partial charge in [-0.05, 0) is 33.6 Å². The molecule has 0 radical (unpaired) electrons. The maximum atomic E-state index is 11.6. The van der Waals surface area contributed by atoms with Crippen LogP contribution in [-0.2, 0) is 16.6 Å². The third-order valence-corrected chi connectivity index (χ3v) is 5.34. The zero-order valence-electron chi connectivity index (χ0n) is 12.6. The lowest BCUT2D eigenvalue weighted by atomic mass is 10.2. The molecule has 120 valence electrons. The van der Waals surface area contributed by atoms with Crippen LogP contribution in [0.2, 0.25) is 0 Å². The van der Waals surface area contributed by atoms with Crippen LogP contribution in [0.15, 0.2) is 16.6 Å². The molecule has 8 heteroatoms. The third kappa shape index (κ3) is 5.14. The van der Waals surface area contributed by atoms with Crippen molar-refractivity contribution in [1.29, 1.82) is 0 Å². The molecule has 0 aliphatic heterocycles. The summed E-state index contributed by atoms with van der Waals surface area (Å²) in [6.45, 7) is 0.925. The van der Waals surface area contributed by atoms with Crippen molar-refractivity contribution in [2.24, 2.45) is 0 Å². The fraction of sp³-hybridized carbons (Fsp3) is 0.538. The number of rotatable bonds is 8. The van der Waals surface area contributed by atoms with Crippen molar-refractivity contribution >= 4 is 26.0 Å². The average Bonchev–Trinajstić information content (AvgIpc) is 2.42. The lowest BCUT2D eigenvalue weighted by molar-refractivity contribution is 0.352. The topological polar surface area (TPSA) is 67.9 Å². The molecule has 0 fully saturated rings. The van der Waals surface area contributed by atoms with Gasteiger partial charge in [-0.25, -0.2) is 12.7 Å². The van der Waals surface area contributed by atoms with E-state index >= 15 is 0 Å². The number of nitrogens with one attached hydrogen (secondary N) is 1. The SMILES string of the molecule is COc1cc(CNCCS(=O)(=O)N(C)C)cc(Br)c1OC. The zero-order valence-corrected chi connectivity index (χ0v) is 15.0. The summed E-state index contributed by atoms with van der Waals surface area (Å²) in [5, 5.41) is 3.11. The van der Waals surface area contributed by atoms with Crippen molar-refractivity contribution in [3.05, 3.63) is 22.2 Å². The number of hydrogen-bond donors (Lipinski definition) is 1. The summed E-state index contributed by atoms with van der Waals surface area (Å²) >= 11 is 3.42. The van der Waals surface area contributed by atoms with Crippen LogP contribution < -0.4 is 14.8 Å². The predicted molar refractivity (Wildman–Crippen MR) is 86.4 cm³/mol. The second-order valence-electron chi connectivity index (χ2n) is 4.59. The first-order valence-electron chi connectivity index (χ1n) is 6.33. The van der Waals surface area contributed by atoms with E-state index in [0.29, 0.717) is 24.6 Å². The first kappa shape index (κ1) is 18.2. The molecule has 1 N–H and O–H groups in total. The number of halogens is 1. The Balaban J connectivity index is 2.63. The van der Waals surface area contributed by atoms with E-state index in [9.17, 15) is 8.42 Å². The van der Waals surface area contributed by atoms with Gasteiger partial charge >= 0.3 is 0 Å². The molecule has 6 nitrogen and oxygen atoms in total. The van der Waals surface area contributed by atoms with Gasteiger partial charge < -0.3 is 14.8 Å². The molecule has 0 aliphatic carbocycles. The first-order chi connectivity index (χ1) is 9.81. The fourth-order valence-electron chi connectivity index (χ4n) is 1.69. The van der Waals surface area contributed by atoms with E-state index in [4.69, 9.17) is 9.47 Å². The Morgan fingerprint density at radius 2 is 1.90 bits per heavy atom. The number of methoxy groups -OCH3 is 2. The summed E-state index contributed by atoms with van der Waals surface area (Å²) in [4.78, 5) is 0. The van der Waals surface area contributed by atoms with E-state index in [2.05, 4.69) is 21.2 Å². The molecular weight excluding hydrogens is 360 g/mol. The molecule has 0 aliphatic rings. The Kier molecular flexibility index (Phi) is 6.92. The number of ether oxygens (including phenoxy) is 2. The molecule has 0 atom stereocenters. The Morgan fingerprint density at radius 1 is 1.24 bits per heavy atom. The molecule has 1 aromatic carbocycles. The van der Waals surface area contributed by atoms with Gasteiger partial charge in [0.25, 0.3) is 0 Å². The lowest BCUT2D eigenvalue weighted by Gasteiger charge is -2.13. The van der Waals surface area contributed by atoms with Crippen LogP contribution in [0.3, 0.4) is 0 Å². The van der Waals surface area contributed by atoms with Crippen molar-refractivity contribution < 1.29 is 17.9 Å². The normalized spacial score (nSPS) is 11.7. The Labute approximate surface area is 134 Å². The van der Waals surface area contributed by atoms with E-state index in [1.54, 1.807) is 14.2 Å². The van der Waals surface area contributed by atoms with Gasteiger partial charge in [-0.2, -0.15) is 0 Å². The summed E-state index contributed by atoms with van der Waals surface area (Å²) in [6, 6.07) is 3.77. The fourth-order valence-corrected chi connectivity index (χ4v) is 3.11. The Hall–Kier alpha value is -0.830. The van der Waals surface area contributed by atoms with Crippen molar-refractivity contribution in [2.45, 2.75) is 6.54 Å². The molecule has 0 heterocycles. The molecule has 21 heavy (non-hydrogen) atoms. The standard InChI is InChI=1S/C13H21BrN2O4S/c1-16(2)21(17,18)6-5-15-9-10-7-11(14)13(20-4)12(8-10)19-3/h7-8,15H,5-6,9H2,1-4H3. The van der Waals surface area contributed by atoms with E-state index in [0.717, 1.165) is 10.0 Å². The zero-order chi connectivity index (χ0) is 16.0. The van der Waals surface area contributed by atoms with Gasteiger partial charge in [0.2, 0.25) is 10.0 Å². The molecule has 0 unspecified atom stereocenters. The molecule has 1 aromatic rings. The molecule has 0 saturated heterocycles. The van der Waals surface area contributed by atoms with E-state index in [1.807, 2.05) is 12.1 Å². The number of sulfonamides is 1. The van der Waals surface area contributed by atoms with Gasteiger partial charge in [0.05, 0.1) is 24.4 Å². The maximum absolute atomic E-state index is 11.6. The highest BCUT2D eigenvalue weighted by Crippen LogP contribution is 2.36. The summed E-state index contributed by atoms with van der Waals surface area (Å²) < 4.78 is 35.8. The minimum atomic E-state index is -3.17. The second kappa shape index (κ2) is 7.98. The van der Waals surface area contributed by atoms with E-state index in [-0.39, 0.29) is 5.75 Å². The molecule has 1 rings (SSSR count).